The van der Waals surface area contributed by atoms with Crippen LogP contribution in [-0.4, -0.2) is 23.9 Å². The van der Waals surface area contributed by atoms with Crippen molar-refractivity contribution in [3.8, 4) is 0 Å². The van der Waals surface area contributed by atoms with E-state index in [1.807, 2.05) is 0 Å². The maximum atomic E-state index is 12.2. The molecule has 5 nitrogen and oxygen atoms in total. The Morgan fingerprint density at radius 3 is 2.42 bits per heavy atom. The van der Waals surface area contributed by atoms with Gasteiger partial charge in [0.2, 0.25) is 10.0 Å². The van der Waals surface area contributed by atoms with Gasteiger partial charge in [0.15, 0.2) is 5.82 Å². The summed E-state index contributed by atoms with van der Waals surface area (Å²) < 4.78 is 27.1. The first-order chi connectivity index (χ1) is 8.79. The number of nitrogens with one attached hydrogen (secondary N) is 2. The Bertz CT molecular complexity index is 522. The van der Waals surface area contributed by atoms with Gasteiger partial charge in [-0.1, -0.05) is 40.0 Å². The molecule has 1 heterocycles. The molecule has 0 bridgehead atoms. The molecule has 0 amide bonds. The van der Waals surface area contributed by atoms with E-state index in [0.29, 0.717) is 5.82 Å². The maximum Gasteiger partial charge on any atom is 0.236 e. The standard InChI is InChI=1S/C13H23N3O2S/c1-13(2,3)11-9-12(15-14-11)16-19(17,18)10-7-5-4-6-8-10/h9-10H,4-8H2,1-3H3,(H2,14,15,16). The monoisotopic (exact) mass is 285 g/mol. The van der Waals surface area contributed by atoms with Crippen LogP contribution in [0.15, 0.2) is 6.07 Å². The van der Waals surface area contributed by atoms with Gasteiger partial charge in [-0.15, -0.1) is 0 Å². The highest BCUT2D eigenvalue weighted by Crippen LogP contribution is 2.26. The molecule has 0 aromatic carbocycles. The summed E-state index contributed by atoms with van der Waals surface area (Å²) >= 11 is 0. The number of nitrogens with zero attached hydrogens (tertiary/aromatic N) is 1. The quantitative estimate of drug-likeness (QED) is 0.896. The largest absolute Gasteiger partial charge is 0.280 e. The van der Waals surface area contributed by atoms with Gasteiger partial charge in [-0.2, -0.15) is 5.10 Å². The number of rotatable bonds is 3. The van der Waals surface area contributed by atoms with Crippen LogP contribution >= 0.6 is 0 Å². The first-order valence-corrected chi connectivity index (χ1v) is 8.41. The van der Waals surface area contributed by atoms with Gasteiger partial charge in [0, 0.05) is 17.2 Å². The van der Waals surface area contributed by atoms with E-state index in [-0.39, 0.29) is 10.7 Å². The van der Waals surface area contributed by atoms with Crippen molar-refractivity contribution in [2.75, 3.05) is 4.72 Å². The lowest BCUT2D eigenvalue weighted by Crippen LogP contribution is -2.29. The van der Waals surface area contributed by atoms with Crippen molar-refractivity contribution < 1.29 is 8.42 Å². The molecule has 1 saturated carbocycles. The third-order valence-corrected chi connectivity index (χ3v) is 5.47. The minimum absolute atomic E-state index is 0.0679. The zero-order valence-corrected chi connectivity index (χ0v) is 12.7. The van der Waals surface area contributed by atoms with E-state index in [1.165, 1.54) is 0 Å². The van der Waals surface area contributed by atoms with Gasteiger partial charge in [0.25, 0.3) is 0 Å². The normalized spacial score (nSPS) is 18.5. The molecular weight excluding hydrogens is 262 g/mol. The van der Waals surface area contributed by atoms with Crippen LogP contribution in [0.2, 0.25) is 0 Å². The van der Waals surface area contributed by atoms with E-state index in [4.69, 9.17) is 0 Å². The summed E-state index contributed by atoms with van der Waals surface area (Å²) in [5.74, 6) is 0.399. The summed E-state index contributed by atoms with van der Waals surface area (Å²) in [5.41, 5.74) is 0.857. The molecule has 0 saturated heterocycles. The molecule has 0 radical (unpaired) electrons. The third-order valence-electron chi connectivity index (χ3n) is 3.62. The fourth-order valence-electron chi connectivity index (χ4n) is 2.36. The second-order valence-corrected chi connectivity index (χ2v) is 8.28. The minimum atomic E-state index is -3.30. The Hall–Kier alpha value is -1.04. The average Bonchev–Trinajstić information content (AvgIpc) is 2.78. The van der Waals surface area contributed by atoms with Gasteiger partial charge < -0.3 is 0 Å². The number of anilines is 1. The smallest absolute Gasteiger partial charge is 0.236 e. The topological polar surface area (TPSA) is 74.8 Å². The van der Waals surface area contributed by atoms with E-state index in [9.17, 15) is 8.42 Å². The van der Waals surface area contributed by atoms with Crippen molar-refractivity contribution in [3.05, 3.63) is 11.8 Å². The van der Waals surface area contributed by atoms with Crippen molar-refractivity contribution in [2.24, 2.45) is 0 Å². The summed E-state index contributed by atoms with van der Waals surface area (Å²) in [4.78, 5) is 0. The van der Waals surface area contributed by atoms with E-state index >= 15 is 0 Å². The summed E-state index contributed by atoms with van der Waals surface area (Å²) in [6.07, 6.45) is 4.65. The van der Waals surface area contributed by atoms with Crippen LogP contribution in [0.4, 0.5) is 5.82 Å². The Balaban J connectivity index is 2.09. The van der Waals surface area contributed by atoms with Crippen molar-refractivity contribution in [1.82, 2.24) is 10.2 Å². The van der Waals surface area contributed by atoms with Crippen LogP contribution < -0.4 is 4.72 Å². The first kappa shape index (κ1) is 14.4. The van der Waals surface area contributed by atoms with Crippen LogP contribution in [0, 0.1) is 0 Å². The predicted octanol–water partition coefficient (Wildman–Crippen LogP) is 2.78. The van der Waals surface area contributed by atoms with Gasteiger partial charge in [-0.25, -0.2) is 8.42 Å². The van der Waals surface area contributed by atoms with E-state index in [2.05, 4.69) is 35.7 Å². The molecule has 1 aliphatic carbocycles. The number of aromatic nitrogens is 2. The van der Waals surface area contributed by atoms with Gasteiger partial charge in [0.05, 0.1) is 5.25 Å². The number of sulfonamides is 1. The molecule has 1 fully saturated rings. The number of hydrogen-bond donors (Lipinski definition) is 2. The van der Waals surface area contributed by atoms with E-state index < -0.39 is 10.0 Å². The summed E-state index contributed by atoms with van der Waals surface area (Å²) in [5, 5.41) is 6.67. The van der Waals surface area contributed by atoms with Crippen molar-refractivity contribution in [2.45, 2.75) is 63.5 Å². The van der Waals surface area contributed by atoms with Crippen molar-refractivity contribution in [1.29, 1.82) is 0 Å². The summed E-state index contributed by atoms with van der Waals surface area (Å²) in [6.45, 7) is 6.17. The van der Waals surface area contributed by atoms with Gasteiger partial charge in [0.1, 0.15) is 0 Å². The first-order valence-electron chi connectivity index (χ1n) is 6.86. The summed E-state index contributed by atoms with van der Waals surface area (Å²) in [6, 6.07) is 1.78. The molecule has 1 aliphatic rings. The fraction of sp³-hybridized carbons (Fsp3) is 0.769. The highest BCUT2D eigenvalue weighted by atomic mass is 32.2. The molecule has 0 aliphatic heterocycles. The van der Waals surface area contributed by atoms with Crippen LogP contribution in [-0.2, 0) is 15.4 Å². The number of aromatic amines is 1. The third kappa shape index (κ3) is 3.49. The molecule has 6 heteroatoms. The lowest BCUT2D eigenvalue weighted by Gasteiger charge is -2.21. The number of H-pyrrole nitrogens is 1. The SMILES string of the molecule is CC(C)(C)c1cc(NS(=O)(=O)C2CCCCC2)n[nH]1. The molecule has 1 aromatic rings. The molecule has 108 valence electrons. The molecule has 0 atom stereocenters. The second kappa shape index (κ2) is 5.15. The molecule has 0 spiro atoms. The Morgan fingerprint density at radius 1 is 1.26 bits per heavy atom. The van der Waals surface area contributed by atoms with Crippen molar-refractivity contribution in [3.63, 3.8) is 0 Å². The molecular formula is C13H23N3O2S. The highest BCUT2D eigenvalue weighted by molar-refractivity contribution is 7.93. The van der Waals surface area contributed by atoms with Gasteiger partial charge in [-0.05, 0) is 12.8 Å². The van der Waals surface area contributed by atoms with E-state index in [1.54, 1.807) is 6.07 Å². The van der Waals surface area contributed by atoms with Gasteiger partial charge >= 0.3 is 0 Å². The lowest BCUT2D eigenvalue weighted by atomic mass is 9.92. The fourth-order valence-corrected chi connectivity index (χ4v) is 3.88. The average molecular weight is 285 g/mol. The molecule has 1 aromatic heterocycles. The molecule has 2 rings (SSSR count). The second-order valence-electron chi connectivity index (χ2n) is 6.32. The molecule has 2 N–H and O–H groups in total. The van der Waals surface area contributed by atoms with Crippen LogP contribution in [0.25, 0.3) is 0 Å². The van der Waals surface area contributed by atoms with Crippen LogP contribution in [0.1, 0.15) is 58.6 Å². The minimum Gasteiger partial charge on any atom is -0.280 e. The zero-order valence-electron chi connectivity index (χ0n) is 11.9. The molecule has 0 unspecified atom stereocenters. The summed E-state index contributed by atoms with van der Waals surface area (Å²) in [7, 11) is -3.30. The van der Waals surface area contributed by atoms with Gasteiger partial charge in [-0.3, -0.25) is 9.82 Å². The van der Waals surface area contributed by atoms with E-state index in [0.717, 1.165) is 37.8 Å². The maximum absolute atomic E-state index is 12.2. The Kier molecular flexibility index (Phi) is 3.90. The Labute approximate surface area is 115 Å². The van der Waals surface area contributed by atoms with Crippen molar-refractivity contribution >= 4 is 15.8 Å². The Morgan fingerprint density at radius 2 is 1.89 bits per heavy atom. The van der Waals surface area contributed by atoms with Crippen LogP contribution in [0.3, 0.4) is 0 Å². The predicted molar refractivity (Wildman–Crippen MR) is 76.7 cm³/mol. The highest BCUT2D eigenvalue weighted by Gasteiger charge is 2.28. The molecule has 19 heavy (non-hydrogen) atoms. The lowest BCUT2D eigenvalue weighted by molar-refractivity contribution is 0.486. The zero-order chi connectivity index (χ0) is 14.1. The number of hydrogen-bond acceptors (Lipinski definition) is 3. The van der Waals surface area contributed by atoms with Crippen LogP contribution in [0.5, 0.6) is 0 Å².